The second kappa shape index (κ2) is 5.65. The van der Waals surface area contributed by atoms with Gasteiger partial charge in [-0.15, -0.1) is 0 Å². The highest BCUT2D eigenvalue weighted by atomic mass is 32.1. The Balaban J connectivity index is 1.88. The van der Waals surface area contributed by atoms with Gasteiger partial charge in [0.25, 0.3) is 5.89 Å². The maximum absolute atomic E-state index is 5.40. The normalized spacial score (nSPS) is 10.8. The molecular formula is C15H16N4OS. The predicted octanol–water partition coefficient (Wildman–Crippen LogP) is 3.44. The molecule has 6 heteroatoms. The Labute approximate surface area is 127 Å². The van der Waals surface area contributed by atoms with Gasteiger partial charge in [0.15, 0.2) is 5.82 Å². The van der Waals surface area contributed by atoms with Gasteiger partial charge in [-0.25, -0.2) is 0 Å². The summed E-state index contributed by atoms with van der Waals surface area (Å²) < 4.78 is 9.72. The SMILES string of the molecule is CNc1snc(C)c1-c1nc(Cc2cccc(C)c2)no1. The molecule has 5 nitrogen and oxygen atoms in total. The Morgan fingerprint density at radius 1 is 1.29 bits per heavy atom. The standard InChI is InChI=1S/C15H16N4OS/c1-9-5-4-6-11(7-9)8-12-17-14(20-18-12)13-10(2)19-21-15(13)16-3/h4-7,16H,8H2,1-3H3. The molecule has 0 amide bonds. The number of benzene rings is 1. The third-order valence-corrected chi connectivity index (χ3v) is 4.17. The number of aromatic nitrogens is 3. The Bertz CT molecular complexity index is 763. The Hall–Kier alpha value is -2.21. The Kier molecular flexibility index (Phi) is 3.70. The van der Waals surface area contributed by atoms with Crippen LogP contribution in [0.4, 0.5) is 5.00 Å². The van der Waals surface area contributed by atoms with Gasteiger partial charge in [-0.1, -0.05) is 35.0 Å². The van der Waals surface area contributed by atoms with E-state index >= 15 is 0 Å². The summed E-state index contributed by atoms with van der Waals surface area (Å²) >= 11 is 1.40. The molecule has 0 atom stereocenters. The Morgan fingerprint density at radius 2 is 2.14 bits per heavy atom. The molecule has 0 aliphatic rings. The van der Waals surface area contributed by atoms with Crippen molar-refractivity contribution in [3.63, 3.8) is 0 Å². The topological polar surface area (TPSA) is 63.8 Å². The summed E-state index contributed by atoms with van der Waals surface area (Å²) in [6, 6.07) is 8.31. The molecule has 1 N–H and O–H groups in total. The molecule has 21 heavy (non-hydrogen) atoms. The lowest BCUT2D eigenvalue weighted by Gasteiger charge is -1.98. The molecule has 0 saturated heterocycles. The van der Waals surface area contributed by atoms with E-state index in [4.69, 9.17) is 4.52 Å². The summed E-state index contributed by atoms with van der Waals surface area (Å²) in [6.07, 6.45) is 0.663. The number of hydrogen-bond donors (Lipinski definition) is 1. The lowest BCUT2D eigenvalue weighted by Crippen LogP contribution is -1.92. The fourth-order valence-electron chi connectivity index (χ4n) is 2.22. The van der Waals surface area contributed by atoms with Crippen LogP contribution < -0.4 is 5.32 Å². The molecule has 1 aromatic carbocycles. The maximum Gasteiger partial charge on any atom is 0.262 e. The van der Waals surface area contributed by atoms with Crippen LogP contribution in [-0.4, -0.2) is 21.6 Å². The summed E-state index contributed by atoms with van der Waals surface area (Å²) in [7, 11) is 1.86. The summed E-state index contributed by atoms with van der Waals surface area (Å²) in [5, 5.41) is 8.13. The molecule has 0 bridgehead atoms. The minimum Gasteiger partial charge on any atom is -0.378 e. The van der Waals surface area contributed by atoms with Gasteiger partial charge in [0.2, 0.25) is 0 Å². The van der Waals surface area contributed by atoms with E-state index in [0.717, 1.165) is 16.3 Å². The van der Waals surface area contributed by atoms with Crippen molar-refractivity contribution in [3.8, 4) is 11.5 Å². The van der Waals surface area contributed by atoms with Crippen LogP contribution in [0.3, 0.4) is 0 Å². The monoisotopic (exact) mass is 300 g/mol. The van der Waals surface area contributed by atoms with Gasteiger partial charge in [0.05, 0.1) is 11.3 Å². The third kappa shape index (κ3) is 2.80. The van der Waals surface area contributed by atoms with E-state index in [2.05, 4.69) is 45.0 Å². The largest absolute Gasteiger partial charge is 0.378 e. The minimum atomic E-state index is 0.522. The van der Waals surface area contributed by atoms with Crippen molar-refractivity contribution in [2.45, 2.75) is 20.3 Å². The maximum atomic E-state index is 5.40. The van der Waals surface area contributed by atoms with E-state index in [9.17, 15) is 0 Å². The zero-order valence-corrected chi connectivity index (χ0v) is 13.0. The zero-order chi connectivity index (χ0) is 14.8. The van der Waals surface area contributed by atoms with Crippen molar-refractivity contribution in [2.75, 3.05) is 12.4 Å². The summed E-state index contributed by atoms with van der Waals surface area (Å²) in [6.45, 7) is 4.02. The molecule has 3 aromatic rings. The first-order chi connectivity index (χ1) is 10.2. The second-order valence-corrected chi connectivity index (χ2v) is 5.68. The van der Waals surface area contributed by atoms with Crippen LogP contribution in [0.15, 0.2) is 28.8 Å². The zero-order valence-electron chi connectivity index (χ0n) is 12.2. The quantitative estimate of drug-likeness (QED) is 0.799. The number of rotatable bonds is 4. The molecular weight excluding hydrogens is 284 g/mol. The summed E-state index contributed by atoms with van der Waals surface area (Å²) in [5.41, 5.74) is 4.20. The molecule has 0 saturated carbocycles. The number of aryl methyl sites for hydroxylation is 2. The highest BCUT2D eigenvalue weighted by molar-refractivity contribution is 7.10. The highest BCUT2D eigenvalue weighted by Crippen LogP contribution is 2.33. The van der Waals surface area contributed by atoms with Gasteiger partial charge >= 0.3 is 0 Å². The van der Waals surface area contributed by atoms with Crippen molar-refractivity contribution in [2.24, 2.45) is 0 Å². The smallest absolute Gasteiger partial charge is 0.262 e. The molecule has 3 rings (SSSR count). The number of nitrogens with one attached hydrogen (secondary N) is 1. The molecule has 108 valence electrons. The lowest BCUT2D eigenvalue weighted by molar-refractivity contribution is 0.424. The average Bonchev–Trinajstić information content (AvgIpc) is 3.05. The van der Waals surface area contributed by atoms with Crippen molar-refractivity contribution >= 4 is 16.5 Å². The van der Waals surface area contributed by atoms with E-state index in [-0.39, 0.29) is 0 Å². The number of nitrogens with zero attached hydrogens (tertiary/aromatic N) is 3. The molecule has 0 aliphatic carbocycles. The van der Waals surface area contributed by atoms with E-state index in [0.29, 0.717) is 18.1 Å². The van der Waals surface area contributed by atoms with Crippen molar-refractivity contribution in [3.05, 3.63) is 46.9 Å². The fraction of sp³-hybridized carbons (Fsp3) is 0.267. The van der Waals surface area contributed by atoms with Crippen LogP contribution in [0.5, 0.6) is 0 Å². The molecule has 0 aliphatic heterocycles. The predicted molar refractivity (Wildman–Crippen MR) is 83.7 cm³/mol. The summed E-state index contributed by atoms with van der Waals surface area (Å²) in [5.74, 6) is 1.21. The fourth-order valence-corrected chi connectivity index (χ4v) is 2.96. The molecule has 2 heterocycles. The van der Waals surface area contributed by atoms with Crippen molar-refractivity contribution < 1.29 is 4.52 Å². The Morgan fingerprint density at radius 3 is 2.90 bits per heavy atom. The first-order valence-corrected chi connectivity index (χ1v) is 7.47. The average molecular weight is 300 g/mol. The minimum absolute atomic E-state index is 0.522. The van der Waals surface area contributed by atoms with Gasteiger partial charge in [-0.05, 0) is 30.9 Å². The van der Waals surface area contributed by atoms with Gasteiger partial charge in [0.1, 0.15) is 5.00 Å². The van der Waals surface area contributed by atoms with Crippen LogP contribution in [0.25, 0.3) is 11.5 Å². The third-order valence-electron chi connectivity index (χ3n) is 3.22. The molecule has 0 radical (unpaired) electrons. The van der Waals surface area contributed by atoms with Gasteiger partial charge in [-0.2, -0.15) is 9.36 Å². The lowest BCUT2D eigenvalue weighted by atomic mass is 10.1. The number of anilines is 1. The van der Waals surface area contributed by atoms with Crippen LogP contribution in [-0.2, 0) is 6.42 Å². The first-order valence-electron chi connectivity index (χ1n) is 6.70. The van der Waals surface area contributed by atoms with Crippen LogP contribution in [0.2, 0.25) is 0 Å². The van der Waals surface area contributed by atoms with Crippen LogP contribution in [0.1, 0.15) is 22.6 Å². The summed E-state index contributed by atoms with van der Waals surface area (Å²) in [4.78, 5) is 4.50. The van der Waals surface area contributed by atoms with E-state index in [1.54, 1.807) is 0 Å². The van der Waals surface area contributed by atoms with Gasteiger partial charge in [0, 0.05) is 13.5 Å². The molecule has 0 fully saturated rings. The van der Waals surface area contributed by atoms with Crippen LogP contribution >= 0.6 is 11.5 Å². The van der Waals surface area contributed by atoms with E-state index < -0.39 is 0 Å². The van der Waals surface area contributed by atoms with Crippen molar-refractivity contribution in [1.29, 1.82) is 0 Å². The van der Waals surface area contributed by atoms with Gasteiger partial charge in [-0.3, -0.25) is 0 Å². The second-order valence-electron chi connectivity index (χ2n) is 4.90. The number of hydrogen-bond acceptors (Lipinski definition) is 6. The van der Waals surface area contributed by atoms with Gasteiger partial charge < -0.3 is 9.84 Å². The molecule has 0 spiro atoms. The van der Waals surface area contributed by atoms with E-state index in [1.165, 1.54) is 22.7 Å². The molecule has 2 aromatic heterocycles. The highest BCUT2D eigenvalue weighted by Gasteiger charge is 2.18. The first kappa shape index (κ1) is 13.8. The van der Waals surface area contributed by atoms with Crippen LogP contribution in [0, 0.1) is 13.8 Å². The molecule has 0 unspecified atom stereocenters. The van der Waals surface area contributed by atoms with E-state index in [1.807, 2.05) is 20.0 Å². The van der Waals surface area contributed by atoms with Crippen molar-refractivity contribution in [1.82, 2.24) is 14.5 Å².